The van der Waals surface area contributed by atoms with Crippen LogP contribution in [0.3, 0.4) is 0 Å². The molecule has 1 aliphatic rings. The molecule has 0 amide bonds. The van der Waals surface area contributed by atoms with Crippen molar-refractivity contribution in [3.63, 3.8) is 0 Å². The van der Waals surface area contributed by atoms with E-state index in [-0.39, 0.29) is 18.1 Å². The minimum atomic E-state index is -0.463. The number of aryl methyl sites for hydroxylation is 1. The molecular weight excluding hydrogens is 224 g/mol. The maximum absolute atomic E-state index is 10.9. The SMILES string of the molecule is Cn1cc([N+](=O)[O-])c(NC2(CO)CCCC2)n1. The Morgan fingerprint density at radius 2 is 2.29 bits per heavy atom. The first-order chi connectivity index (χ1) is 8.06. The second-order valence-corrected chi connectivity index (χ2v) is 4.56. The average Bonchev–Trinajstić information content (AvgIpc) is 2.87. The fraction of sp³-hybridized carbons (Fsp3) is 0.700. The predicted molar refractivity (Wildman–Crippen MR) is 61.8 cm³/mol. The fourth-order valence-electron chi connectivity index (χ4n) is 2.32. The lowest BCUT2D eigenvalue weighted by Crippen LogP contribution is -2.39. The molecule has 2 N–H and O–H groups in total. The quantitative estimate of drug-likeness (QED) is 0.606. The number of anilines is 1. The molecule has 0 saturated heterocycles. The van der Waals surface area contributed by atoms with Crippen LogP contribution in [0.1, 0.15) is 25.7 Å². The van der Waals surface area contributed by atoms with E-state index in [0.29, 0.717) is 0 Å². The first-order valence-corrected chi connectivity index (χ1v) is 5.63. The third-order valence-corrected chi connectivity index (χ3v) is 3.25. The van der Waals surface area contributed by atoms with E-state index in [9.17, 15) is 15.2 Å². The van der Waals surface area contributed by atoms with Gasteiger partial charge in [-0.25, -0.2) is 0 Å². The van der Waals surface area contributed by atoms with E-state index in [2.05, 4.69) is 10.4 Å². The van der Waals surface area contributed by atoms with E-state index < -0.39 is 10.5 Å². The van der Waals surface area contributed by atoms with Crippen LogP contribution in [0.4, 0.5) is 11.5 Å². The van der Waals surface area contributed by atoms with Crippen LogP contribution in [-0.4, -0.2) is 32.0 Å². The van der Waals surface area contributed by atoms with Crippen LogP contribution < -0.4 is 5.32 Å². The minimum Gasteiger partial charge on any atom is -0.394 e. The normalized spacial score (nSPS) is 18.2. The van der Waals surface area contributed by atoms with Gasteiger partial charge in [-0.05, 0) is 12.8 Å². The summed E-state index contributed by atoms with van der Waals surface area (Å²) in [6, 6.07) is 0. The summed E-state index contributed by atoms with van der Waals surface area (Å²) in [4.78, 5) is 10.4. The van der Waals surface area contributed by atoms with Crippen molar-refractivity contribution in [2.45, 2.75) is 31.2 Å². The Bertz CT molecular complexity index is 423. The predicted octanol–water partition coefficient (Wildman–Crippen LogP) is 1.05. The van der Waals surface area contributed by atoms with E-state index in [1.54, 1.807) is 7.05 Å². The lowest BCUT2D eigenvalue weighted by molar-refractivity contribution is -0.384. The molecule has 0 radical (unpaired) electrons. The molecule has 17 heavy (non-hydrogen) atoms. The minimum absolute atomic E-state index is 0.0271. The number of nitro groups is 1. The number of nitrogens with zero attached hydrogens (tertiary/aromatic N) is 3. The molecule has 1 aliphatic carbocycles. The van der Waals surface area contributed by atoms with E-state index in [1.165, 1.54) is 10.9 Å². The molecule has 0 spiro atoms. The van der Waals surface area contributed by atoms with Crippen LogP contribution in [0, 0.1) is 10.1 Å². The molecule has 0 bridgehead atoms. The number of hydrogen-bond acceptors (Lipinski definition) is 5. The molecule has 2 rings (SSSR count). The Labute approximate surface area is 98.6 Å². The molecule has 1 fully saturated rings. The summed E-state index contributed by atoms with van der Waals surface area (Å²) in [6.45, 7) is -0.0271. The van der Waals surface area contributed by atoms with Crippen LogP contribution >= 0.6 is 0 Å². The van der Waals surface area contributed by atoms with Gasteiger partial charge in [0.25, 0.3) is 0 Å². The number of hydrogen-bond donors (Lipinski definition) is 2. The van der Waals surface area contributed by atoms with Gasteiger partial charge in [-0.1, -0.05) is 12.8 Å². The molecule has 1 aromatic heterocycles. The van der Waals surface area contributed by atoms with Crippen LogP contribution in [0.15, 0.2) is 6.20 Å². The molecule has 1 heterocycles. The van der Waals surface area contributed by atoms with Gasteiger partial charge in [0.15, 0.2) is 0 Å². The zero-order valence-electron chi connectivity index (χ0n) is 9.72. The van der Waals surface area contributed by atoms with Crippen molar-refractivity contribution in [2.24, 2.45) is 7.05 Å². The van der Waals surface area contributed by atoms with Crippen molar-refractivity contribution in [2.75, 3.05) is 11.9 Å². The summed E-state index contributed by atoms with van der Waals surface area (Å²) in [5.74, 6) is 0.244. The monoisotopic (exact) mass is 240 g/mol. The number of nitrogens with one attached hydrogen (secondary N) is 1. The molecule has 1 aromatic rings. The molecule has 7 nitrogen and oxygen atoms in total. The largest absolute Gasteiger partial charge is 0.394 e. The highest BCUT2D eigenvalue weighted by Crippen LogP contribution is 2.34. The fourth-order valence-corrected chi connectivity index (χ4v) is 2.32. The Hall–Kier alpha value is -1.63. The van der Waals surface area contributed by atoms with Crippen molar-refractivity contribution in [1.29, 1.82) is 0 Å². The van der Waals surface area contributed by atoms with Crippen LogP contribution in [0.5, 0.6) is 0 Å². The second kappa shape index (κ2) is 4.33. The summed E-state index contributed by atoms with van der Waals surface area (Å²) in [5.41, 5.74) is -0.494. The lowest BCUT2D eigenvalue weighted by atomic mass is 9.99. The molecule has 0 atom stereocenters. The summed E-state index contributed by atoms with van der Waals surface area (Å²) < 4.78 is 1.40. The van der Waals surface area contributed by atoms with E-state index in [1.807, 2.05) is 0 Å². The zero-order chi connectivity index (χ0) is 12.5. The van der Waals surface area contributed by atoms with Crippen LogP contribution in [0.25, 0.3) is 0 Å². The van der Waals surface area contributed by atoms with E-state index >= 15 is 0 Å². The van der Waals surface area contributed by atoms with Gasteiger partial charge >= 0.3 is 5.69 Å². The number of aromatic nitrogens is 2. The zero-order valence-corrected chi connectivity index (χ0v) is 9.72. The molecule has 94 valence electrons. The van der Waals surface area contributed by atoms with Gasteiger partial charge in [-0.2, -0.15) is 0 Å². The maximum atomic E-state index is 10.9. The van der Waals surface area contributed by atoms with Crippen LogP contribution in [-0.2, 0) is 7.05 Å². The highest BCUT2D eigenvalue weighted by atomic mass is 16.6. The van der Waals surface area contributed by atoms with Crippen molar-refractivity contribution in [3.05, 3.63) is 16.3 Å². The summed E-state index contributed by atoms with van der Waals surface area (Å²) in [5, 5.41) is 27.4. The van der Waals surface area contributed by atoms with Gasteiger partial charge in [0.05, 0.1) is 17.1 Å². The topological polar surface area (TPSA) is 93.2 Å². The first kappa shape index (κ1) is 11.8. The first-order valence-electron chi connectivity index (χ1n) is 5.63. The smallest absolute Gasteiger partial charge is 0.330 e. The maximum Gasteiger partial charge on any atom is 0.330 e. The van der Waals surface area contributed by atoms with Gasteiger partial charge in [0, 0.05) is 7.05 Å². The second-order valence-electron chi connectivity index (χ2n) is 4.56. The van der Waals surface area contributed by atoms with E-state index in [0.717, 1.165) is 25.7 Å². The van der Waals surface area contributed by atoms with Crippen molar-refractivity contribution >= 4 is 11.5 Å². The molecule has 7 heteroatoms. The van der Waals surface area contributed by atoms with Crippen molar-refractivity contribution in [1.82, 2.24) is 9.78 Å². The number of rotatable bonds is 4. The lowest BCUT2D eigenvalue weighted by Gasteiger charge is -2.27. The highest BCUT2D eigenvalue weighted by molar-refractivity contribution is 5.56. The van der Waals surface area contributed by atoms with Crippen molar-refractivity contribution in [3.8, 4) is 0 Å². The van der Waals surface area contributed by atoms with Gasteiger partial charge in [-0.15, -0.1) is 5.10 Å². The molecule has 0 aliphatic heterocycles. The van der Waals surface area contributed by atoms with Gasteiger partial charge in [0.2, 0.25) is 5.82 Å². The Balaban J connectivity index is 2.25. The Kier molecular flexibility index (Phi) is 3.01. The molecule has 0 unspecified atom stereocenters. The molecule has 0 aromatic carbocycles. The van der Waals surface area contributed by atoms with Gasteiger partial charge in [-0.3, -0.25) is 14.8 Å². The Morgan fingerprint density at radius 3 is 2.82 bits per heavy atom. The number of aliphatic hydroxyl groups excluding tert-OH is 1. The van der Waals surface area contributed by atoms with E-state index in [4.69, 9.17) is 0 Å². The number of aliphatic hydroxyl groups is 1. The Morgan fingerprint density at radius 1 is 1.65 bits per heavy atom. The van der Waals surface area contributed by atoms with Gasteiger partial charge < -0.3 is 10.4 Å². The van der Waals surface area contributed by atoms with Crippen molar-refractivity contribution < 1.29 is 10.0 Å². The third-order valence-electron chi connectivity index (χ3n) is 3.25. The van der Waals surface area contributed by atoms with Gasteiger partial charge in [0.1, 0.15) is 6.20 Å². The third kappa shape index (κ3) is 2.23. The standard InChI is InChI=1S/C10H16N4O3/c1-13-6-8(14(16)17)9(12-13)11-10(7-15)4-2-3-5-10/h6,15H,2-5,7H2,1H3,(H,11,12). The summed E-state index contributed by atoms with van der Waals surface area (Å²) in [6.07, 6.45) is 5.04. The highest BCUT2D eigenvalue weighted by Gasteiger charge is 2.35. The molecular formula is C10H16N4O3. The summed E-state index contributed by atoms with van der Waals surface area (Å²) in [7, 11) is 1.64. The summed E-state index contributed by atoms with van der Waals surface area (Å²) >= 11 is 0. The van der Waals surface area contributed by atoms with Crippen LogP contribution in [0.2, 0.25) is 0 Å². The average molecular weight is 240 g/mol. The molecule has 1 saturated carbocycles.